The molecule has 0 aromatic heterocycles. The molecule has 1 atom stereocenters. The van der Waals surface area contributed by atoms with E-state index in [9.17, 15) is 4.39 Å². The van der Waals surface area contributed by atoms with Crippen LogP contribution in [0.4, 0.5) is 15.8 Å². The number of fused-ring (bicyclic) bond motifs is 5. The normalized spacial score (nSPS) is 20.0. The van der Waals surface area contributed by atoms with Crippen LogP contribution in [-0.4, -0.2) is 7.05 Å². The van der Waals surface area contributed by atoms with Crippen LogP contribution in [0.5, 0.6) is 0 Å². The van der Waals surface area contributed by atoms with Gasteiger partial charge < -0.3 is 4.90 Å². The molecule has 3 aromatic carbocycles. The fourth-order valence-corrected chi connectivity index (χ4v) is 4.47. The molecule has 1 heterocycles. The average Bonchev–Trinajstić information content (AvgIpc) is 2.85. The lowest BCUT2D eigenvalue weighted by Gasteiger charge is -2.40. The Kier molecular flexibility index (Phi) is 2.25. The molecule has 0 bridgehead atoms. The maximum absolute atomic E-state index is 14.1. The average molecular weight is 301 g/mol. The first kappa shape index (κ1) is 12.9. The van der Waals surface area contributed by atoms with Gasteiger partial charge in [-0.25, -0.2) is 4.39 Å². The van der Waals surface area contributed by atoms with Crippen molar-refractivity contribution in [1.82, 2.24) is 0 Å². The van der Waals surface area contributed by atoms with Crippen molar-refractivity contribution in [2.75, 3.05) is 11.9 Å². The Hall–Kier alpha value is -2.61. The lowest BCUT2D eigenvalue weighted by molar-refractivity contribution is 0.614. The summed E-state index contributed by atoms with van der Waals surface area (Å²) in [7, 11) is 2.06. The first-order valence-electron chi connectivity index (χ1n) is 7.89. The van der Waals surface area contributed by atoms with E-state index in [-0.39, 0.29) is 11.2 Å². The molecule has 0 radical (unpaired) electrons. The van der Waals surface area contributed by atoms with Gasteiger partial charge in [0.15, 0.2) is 0 Å². The Labute approximate surface area is 135 Å². The third-order valence-electron chi connectivity index (χ3n) is 5.52. The van der Waals surface area contributed by atoms with Crippen molar-refractivity contribution < 1.29 is 4.39 Å². The van der Waals surface area contributed by atoms with Gasteiger partial charge in [0, 0.05) is 23.8 Å². The fourth-order valence-electron chi connectivity index (χ4n) is 4.47. The maximum atomic E-state index is 14.1. The molecular formula is C21H16FN. The SMILES string of the molecule is CN1c2ccc(F)cc2C2(C)c3ccccc3-c3cccc1c32. The van der Waals surface area contributed by atoms with Crippen LogP contribution >= 0.6 is 0 Å². The first-order valence-corrected chi connectivity index (χ1v) is 7.89. The molecule has 2 heteroatoms. The van der Waals surface area contributed by atoms with Gasteiger partial charge in [0.05, 0.1) is 0 Å². The highest BCUT2D eigenvalue weighted by atomic mass is 19.1. The largest absolute Gasteiger partial charge is 0.344 e. The molecule has 0 saturated heterocycles. The molecule has 0 N–H and O–H groups in total. The molecule has 112 valence electrons. The third kappa shape index (κ3) is 1.37. The Morgan fingerprint density at radius 3 is 2.48 bits per heavy atom. The Morgan fingerprint density at radius 1 is 0.826 bits per heavy atom. The highest BCUT2D eigenvalue weighted by Gasteiger charge is 2.47. The minimum absolute atomic E-state index is 0.177. The summed E-state index contributed by atoms with van der Waals surface area (Å²) in [6.07, 6.45) is 0. The van der Waals surface area contributed by atoms with Gasteiger partial charge in [0.2, 0.25) is 0 Å². The molecule has 1 nitrogen and oxygen atoms in total. The summed E-state index contributed by atoms with van der Waals surface area (Å²) in [6.45, 7) is 2.23. The molecule has 0 saturated carbocycles. The fraction of sp³-hybridized carbons (Fsp3) is 0.143. The van der Waals surface area contributed by atoms with Gasteiger partial charge in [-0.05, 0) is 59.0 Å². The third-order valence-corrected chi connectivity index (χ3v) is 5.52. The van der Waals surface area contributed by atoms with Gasteiger partial charge in [-0.3, -0.25) is 0 Å². The molecule has 1 aliphatic carbocycles. The second kappa shape index (κ2) is 4.02. The van der Waals surface area contributed by atoms with E-state index < -0.39 is 0 Å². The van der Waals surface area contributed by atoms with E-state index in [1.807, 2.05) is 6.07 Å². The Balaban J connectivity index is 2.00. The van der Waals surface area contributed by atoms with Crippen LogP contribution in [0.3, 0.4) is 0 Å². The second-order valence-corrected chi connectivity index (χ2v) is 6.59. The molecule has 2 aliphatic rings. The molecule has 1 unspecified atom stereocenters. The van der Waals surface area contributed by atoms with Crippen LogP contribution in [0, 0.1) is 5.82 Å². The van der Waals surface area contributed by atoms with E-state index in [0.717, 1.165) is 11.3 Å². The topological polar surface area (TPSA) is 3.24 Å². The maximum Gasteiger partial charge on any atom is 0.123 e. The number of rotatable bonds is 0. The standard InChI is InChI=1S/C21H16FN/c1-21-16-8-4-3-6-14(16)15-7-5-9-19(20(15)21)23(2)18-11-10-13(22)12-17(18)21/h3-12H,1-2H3. The molecule has 0 amide bonds. The van der Waals surface area contributed by atoms with E-state index in [1.54, 1.807) is 12.1 Å². The van der Waals surface area contributed by atoms with Gasteiger partial charge in [-0.15, -0.1) is 0 Å². The van der Waals surface area contributed by atoms with Gasteiger partial charge in [0.1, 0.15) is 5.82 Å². The quantitative estimate of drug-likeness (QED) is 0.549. The van der Waals surface area contributed by atoms with Crippen LogP contribution in [0.1, 0.15) is 23.6 Å². The minimum atomic E-state index is -0.299. The minimum Gasteiger partial charge on any atom is -0.344 e. The van der Waals surface area contributed by atoms with Crippen molar-refractivity contribution in [3.8, 4) is 11.1 Å². The molecule has 0 fully saturated rings. The second-order valence-electron chi connectivity index (χ2n) is 6.59. The van der Waals surface area contributed by atoms with E-state index in [0.29, 0.717) is 0 Å². The van der Waals surface area contributed by atoms with Gasteiger partial charge in [0.25, 0.3) is 0 Å². The van der Waals surface area contributed by atoms with E-state index in [2.05, 4.69) is 61.3 Å². The van der Waals surface area contributed by atoms with Gasteiger partial charge >= 0.3 is 0 Å². The molecule has 3 aromatic rings. The summed E-state index contributed by atoms with van der Waals surface area (Å²) in [5, 5.41) is 0. The van der Waals surface area contributed by atoms with E-state index in [4.69, 9.17) is 0 Å². The van der Waals surface area contributed by atoms with Crippen molar-refractivity contribution >= 4 is 11.4 Å². The van der Waals surface area contributed by atoms with Crippen LogP contribution in [-0.2, 0) is 5.41 Å². The highest BCUT2D eigenvalue weighted by Crippen LogP contribution is 2.60. The monoisotopic (exact) mass is 301 g/mol. The smallest absolute Gasteiger partial charge is 0.123 e. The number of hydrogen-bond donors (Lipinski definition) is 0. The number of halogens is 1. The van der Waals surface area contributed by atoms with Gasteiger partial charge in [-0.2, -0.15) is 0 Å². The van der Waals surface area contributed by atoms with E-state index in [1.165, 1.54) is 27.9 Å². The zero-order valence-corrected chi connectivity index (χ0v) is 13.1. The van der Waals surface area contributed by atoms with Crippen molar-refractivity contribution in [2.24, 2.45) is 0 Å². The predicted octanol–water partition coefficient (Wildman–Crippen LogP) is 5.24. The summed E-state index contributed by atoms with van der Waals surface area (Å²) in [5.41, 5.74) is 8.12. The first-order chi connectivity index (χ1) is 11.1. The predicted molar refractivity (Wildman–Crippen MR) is 91.9 cm³/mol. The summed E-state index contributed by atoms with van der Waals surface area (Å²) >= 11 is 0. The Bertz CT molecular complexity index is 975. The van der Waals surface area contributed by atoms with Crippen LogP contribution in [0.15, 0.2) is 60.7 Å². The molecular weight excluding hydrogens is 285 g/mol. The lowest BCUT2D eigenvalue weighted by atomic mass is 9.71. The zero-order chi connectivity index (χ0) is 15.8. The Morgan fingerprint density at radius 2 is 1.61 bits per heavy atom. The van der Waals surface area contributed by atoms with E-state index >= 15 is 0 Å². The number of nitrogens with zero attached hydrogens (tertiary/aromatic N) is 1. The molecule has 0 spiro atoms. The molecule has 5 rings (SSSR count). The van der Waals surface area contributed by atoms with Crippen molar-refractivity contribution in [1.29, 1.82) is 0 Å². The molecule has 1 aliphatic heterocycles. The summed E-state index contributed by atoms with van der Waals surface area (Å²) < 4.78 is 14.1. The summed E-state index contributed by atoms with van der Waals surface area (Å²) in [5.74, 6) is -0.177. The number of hydrogen-bond acceptors (Lipinski definition) is 1. The van der Waals surface area contributed by atoms with Crippen molar-refractivity contribution in [2.45, 2.75) is 12.3 Å². The highest BCUT2D eigenvalue weighted by molar-refractivity contribution is 5.93. The van der Waals surface area contributed by atoms with Crippen molar-refractivity contribution in [3.05, 3.63) is 83.2 Å². The van der Waals surface area contributed by atoms with Crippen LogP contribution in [0.25, 0.3) is 11.1 Å². The molecule has 23 heavy (non-hydrogen) atoms. The number of anilines is 2. The van der Waals surface area contributed by atoms with Gasteiger partial charge in [-0.1, -0.05) is 36.4 Å². The zero-order valence-electron chi connectivity index (χ0n) is 13.1. The van der Waals surface area contributed by atoms with Crippen LogP contribution < -0.4 is 4.90 Å². The van der Waals surface area contributed by atoms with Crippen molar-refractivity contribution in [3.63, 3.8) is 0 Å². The summed E-state index contributed by atoms with van der Waals surface area (Å²) in [4.78, 5) is 2.18. The summed E-state index contributed by atoms with van der Waals surface area (Å²) in [6, 6.07) is 20.1. The van der Waals surface area contributed by atoms with Crippen LogP contribution in [0.2, 0.25) is 0 Å². The lowest BCUT2D eigenvalue weighted by Crippen LogP contribution is -2.32. The number of benzene rings is 3.